The van der Waals surface area contributed by atoms with Crippen LogP contribution in [0.5, 0.6) is 0 Å². The van der Waals surface area contributed by atoms with Crippen molar-refractivity contribution in [3.63, 3.8) is 0 Å². The summed E-state index contributed by atoms with van der Waals surface area (Å²) in [6, 6.07) is 14.5. The van der Waals surface area contributed by atoms with Gasteiger partial charge in [0, 0.05) is 25.1 Å². The average molecular weight is 636 g/mol. The van der Waals surface area contributed by atoms with Crippen LogP contribution < -0.4 is 11.5 Å². The summed E-state index contributed by atoms with van der Waals surface area (Å²) in [5.41, 5.74) is 12.4. The molecular weight excluding hydrogens is 595 g/mol. The van der Waals surface area contributed by atoms with E-state index in [0.29, 0.717) is 18.5 Å². The number of hydrogen-bond donors (Lipinski definition) is 2. The summed E-state index contributed by atoms with van der Waals surface area (Å²) >= 11 is 0. The van der Waals surface area contributed by atoms with E-state index in [1.807, 2.05) is 24.3 Å². The van der Waals surface area contributed by atoms with E-state index in [1.54, 1.807) is 43.5 Å². The van der Waals surface area contributed by atoms with Gasteiger partial charge in [0.15, 0.2) is 0 Å². The maximum atomic E-state index is 15.1. The Balaban J connectivity index is 1.46. The summed E-state index contributed by atoms with van der Waals surface area (Å²) in [6.07, 6.45) is -0.475. The Kier molecular flexibility index (Phi) is 9.26. The molecule has 3 amide bonds. The number of carbonyl (C=O) groups excluding carboxylic acids is 3. The zero-order chi connectivity index (χ0) is 33.4. The van der Waals surface area contributed by atoms with E-state index in [4.69, 9.17) is 11.5 Å². The molecule has 2 aliphatic rings. The van der Waals surface area contributed by atoms with Crippen molar-refractivity contribution in [3.8, 4) is 11.1 Å². The molecule has 2 fully saturated rings. The average Bonchev–Trinajstić information content (AvgIpc) is 3.78. The summed E-state index contributed by atoms with van der Waals surface area (Å²) in [6.45, 7) is 4.62. The molecule has 3 aromatic rings. The van der Waals surface area contributed by atoms with Crippen molar-refractivity contribution in [1.82, 2.24) is 14.8 Å². The standard InChI is InChI=1S/C35H40F3N5O3/c1-21-19-42(20-26-6-4-5-17-41-26)32(45)28(21)43(31(44)27(39)18-34(2,3)38)29(30(36)37)24-9-7-22(8-10-24)23-11-13-25(14-12-23)35(15-16-35)33(40)46/h4-14,17,21,27-30H,15-16,18-20,39H2,1-3H3,(H2,40,46)/t21-,27-,28-,29-/m0/s1. The molecule has 0 spiro atoms. The molecule has 11 heteroatoms. The fourth-order valence-electron chi connectivity index (χ4n) is 6.52. The molecule has 244 valence electrons. The molecule has 8 nitrogen and oxygen atoms in total. The van der Waals surface area contributed by atoms with Gasteiger partial charge in [-0.3, -0.25) is 19.4 Å². The minimum atomic E-state index is -3.08. The Bertz CT molecular complexity index is 1560. The first-order valence-electron chi connectivity index (χ1n) is 15.5. The van der Waals surface area contributed by atoms with Crippen molar-refractivity contribution >= 4 is 17.7 Å². The number of halogens is 3. The van der Waals surface area contributed by atoms with Gasteiger partial charge in [0.1, 0.15) is 17.8 Å². The van der Waals surface area contributed by atoms with Crippen molar-refractivity contribution in [2.24, 2.45) is 17.4 Å². The lowest BCUT2D eigenvalue weighted by molar-refractivity contribution is -0.151. The van der Waals surface area contributed by atoms with Crippen LogP contribution in [0.4, 0.5) is 13.2 Å². The highest BCUT2D eigenvalue weighted by Crippen LogP contribution is 2.48. The van der Waals surface area contributed by atoms with Gasteiger partial charge < -0.3 is 21.3 Å². The monoisotopic (exact) mass is 635 g/mol. The lowest BCUT2D eigenvalue weighted by Crippen LogP contribution is -2.56. The van der Waals surface area contributed by atoms with Gasteiger partial charge in [-0.15, -0.1) is 0 Å². The smallest absolute Gasteiger partial charge is 0.262 e. The Morgan fingerprint density at radius 2 is 1.65 bits per heavy atom. The van der Waals surface area contributed by atoms with E-state index in [0.717, 1.165) is 21.6 Å². The number of pyridine rings is 1. The lowest BCUT2D eigenvalue weighted by atomic mass is 9.92. The van der Waals surface area contributed by atoms with Gasteiger partial charge in [-0.05, 0) is 61.1 Å². The summed E-state index contributed by atoms with van der Waals surface area (Å²) in [7, 11) is 0. The normalized spacial score (nSPS) is 20.4. The van der Waals surface area contributed by atoms with Crippen molar-refractivity contribution in [2.45, 2.75) is 82.2 Å². The number of rotatable bonds is 12. The highest BCUT2D eigenvalue weighted by atomic mass is 19.3. The zero-order valence-electron chi connectivity index (χ0n) is 26.2. The Hall–Kier alpha value is -4.25. The van der Waals surface area contributed by atoms with Crippen molar-refractivity contribution in [1.29, 1.82) is 0 Å². The van der Waals surface area contributed by atoms with Gasteiger partial charge in [-0.25, -0.2) is 13.2 Å². The van der Waals surface area contributed by atoms with Gasteiger partial charge in [0.25, 0.3) is 6.43 Å². The predicted octanol–water partition coefficient (Wildman–Crippen LogP) is 4.91. The van der Waals surface area contributed by atoms with Crippen LogP contribution in [0.1, 0.15) is 62.9 Å². The number of carbonyl (C=O) groups is 3. The molecule has 1 aliphatic carbocycles. The fourth-order valence-corrected chi connectivity index (χ4v) is 6.52. The van der Waals surface area contributed by atoms with E-state index < -0.39 is 59.8 Å². The second kappa shape index (κ2) is 12.9. The number of nitrogens with zero attached hydrogens (tertiary/aromatic N) is 3. The number of benzene rings is 2. The number of aromatic nitrogens is 1. The molecule has 0 unspecified atom stereocenters. The molecule has 0 bridgehead atoms. The molecular formula is C35H40F3N5O3. The van der Waals surface area contributed by atoms with Gasteiger partial charge in [0.2, 0.25) is 17.7 Å². The molecule has 0 radical (unpaired) electrons. The van der Waals surface area contributed by atoms with Crippen LogP contribution in [0.3, 0.4) is 0 Å². The molecule has 2 aromatic carbocycles. The number of nitrogens with two attached hydrogens (primary N) is 2. The highest BCUT2D eigenvalue weighted by molar-refractivity contribution is 5.92. The Morgan fingerprint density at radius 1 is 1.04 bits per heavy atom. The second-order valence-electron chi connectivity index (χ2n) is 13.2. The molecule has 46 heavy (non-hydrogen) atoms. The van der Waals surface area contributed by atoms with E-state index in [2.05, 4.69) is 4.98 Å². The molecule has 1 aromatic heterocycles. The van der Waals surface area contributed by atoms with Crippen LogP contribution in [0.25, 0.3) is 11.1 Å². The molecule has 2 heterocycles. The Labute approximate surface area is 267 Å². The summed E-state index contributed by atoms with van der Waals surface area (Å²) in [5, 5.41) is 0. The minimum Gasteiger partial charge on any atom is -0.369 e. The van der Waals surface area contributed by atoms with E-state index in [-0.39, 0.29) is 24.6 Å². The van der Waals surface area contributed by atoms with Crippen LogP contribution in [0.15, 0.2) is 72.9 Å². The molecule has 1 saturated carbocycles. The van der Waals surface area contributed by atoms with E-state index >= 15 is 8.78 Å². The topological polar surface area (TPSA) is 123 Å². The van der Waals surface area contributed by atoms with E-state index in [1.165, 1.54) is 30.9 Å². The molecule has 1 saturated heterocycles. The second-order valence-corrected chi connectivity index (χ2v) is 13.2. The van der Waals surface area contributed by atoms with Gasteiger partial charge in [-0.1, -0.05) is 61.5 Å². The maximum absolute atomic E-state index is 15.1. The third-order valence-electron chi connectivity index (χ3n) is 9.05. The van der Waals surface area contributed by atoms with Gasteiger partial charge in [0.05, 0.1) is 23.7 Å². The first-order chi connectivity index (χ1) is 21.7. The molecule has 4 N–H and O–H groups in total. The first-order valence-corrected chi connectivity index (χ1v) is 15.5. The number of amides is 3. The highest BCUT2D eigenvalue weighted by Gasteiger charge is 2.51. The molecule has 1 aliphatic heterocycles. The minimum absolute atomic E-state index is 0.115. The first kappa shape index (κ1) is 33.1. The lowest BCUT2D eigenvalue weighted by Gasteiger charge is -2.39. The summed E-state index contributed by atoms with van der Waals surface area (Å²) < 4.78 is 44.9. The summed E-state index contributed by atoms with van der Waals surface area (Å²) in [5.74, 6) is -2.28. The summed E-state index contributed by atoms with van der Waals surface area (Å²) in [4.78, 5) is 46.3. The zero-order valence-corrected chi connectivity index (χ0v) is 26.2. The van der Waals surface area contributed by atoms with E-state index in [9.17, 15) is 18.8 Å². The Morgan fingerprint density at radius 3 is 2.15 bits per heavy atom. The van der Waals surface area contributed by atoms with Crippen molar-refractivity contribution in [2.75, 3.05) is 6.54 Å². The van der Waals surface area contributed by atoms with Crippen LogP contribution in [-0.2, 0) is 26.3 Å². The van der Waals surface area contributed by atoms with Crippen LogP contribution >= 0.6 is 0 Å². The van der Waals surface area contributed by atoms with Crippen LogP contribution in [-0.4, -0.2) is 63.2 Å². The third-order valence-corrected chi connectivity index (χ3v) is 9.05. The van der Waals surface area contributed by atoms with Gasteiger partial charge in [-0.2, -0.15) is 0 Å². The largest absolute Gasteiger partial charge is 0.369 e. The van der Waals surface area contributed by atoms with Crippen molar-refractivity contribution in [3.05, 3.63) is 89.7 Å². The fraction of sp³-hybridized carbons (Fsp3) is 0.429. The van der Waals surface area contributed by atoms with Crippen LogP contribution in [0.2, 0.25) is 0 Å². The quantitative estimate of drug-likeness (QED) is 0.293. The number of primary amides is 1. The predicted molar refractivity (Wildman–Crippen MR) is 168 cm³/mol. The SMILES string of the molecule is C[C@H]1CN(Cc2ccccn2)C(=O)[C@H]1N(C(=O)[C@@H](N)CC(C)(C)F)[C@@H](c1ccc(-c2ccc(C3(C(N)=O)CC3)cc2)cc1)C(F)F. The van der Waals surface area contributed by atoms with Crippen molar-refractivity contribution < 1.29 is 27.6 Å². The number of likely N-dealkylation sites (tertiary alicyclic amines) is 1. The van der Waals surface area contributed by atoms with Crippen LogP contribution in [0, 0.1) is 5.92 Å². The van der Waals surface area contributed by atoms with Gasteiger partial charge >= 0.3 is 0 Å². The number of hydrogen-bond acceptors (Lipinski definition) is 5. The third kappa shape index (κ3) is 6.79. The molecule has 5 rings (SSSR count). The molecule has 4 atom stereocenters. The maximum Gasteiger partial charge on any atom is 0.262 e. The number of alkyl halides is 3.